The van der Waals surface area contributed by atoms with Gasteiger partial charge in [-0.2, -0.15) is 0 Å². The third kappa shape index (κ3) is 4.68. The third-order valence-corrected chi connectivity index (χ3v) is 3.90. The lowest BCUT2D eigenvalue weighted by atomic mass is 10.2. The maximum atomic E-state index is 5.40. The second-order valence-corrected chi connectivity index (χ2v) is 5.61. The first-order valence-corrected chi connectivity index (χ1v) is 7.96. The summed E-state index contributed by atoms with van der Waals surface area (Å²) < 4.78 is 10.6. The molecule has 2 aromatic rings. The van der Waals surface area contributed by atoms with E-state index in [0.29, 0.717) is 12.4 Å². The van der Waals surface area contributed by atoms with Crippen LogP contribution in [0.25, 0.3) is 0 Å². The molecule has 122 valence electrons. The van der Waals surface area contributed by atoms with E-state index in [9.17, 15) is 0 Å². The molecule has 0 amide bonds. The number of morpholine rings is 1. The number of nitrogens with one attached hydrogen (secondary N) is 1. The molecule has 5 nitrogen and oxygen atoms in total. The van der Waals surface area contributed by atoms with Gasteiger partial charge in [0.2, 0.25) is 5.88 Å². The number of methoxy groups -OCH3 is 1. The lowest BCUT2D eigenvalue weighted by Crippen LogP contribution is -2.35. The van der Waals surface area contributed by atoms with Crippen LogP contribution in [0.4, 0.5) is 5.69 Å². The Morgan fingerprint density at radius 1 is 1.17 bits per heavy atom. The van der Waals surface area contributed by atoms with Gasteiger partial charge in [-0.15, -0.1) is 0 Å². The van der Waals surface area contributed by atoms with E-state index in [1.807, 2.05) is 18.2 Å². The maximum absolute atomic E-state index is 5.40. The van der Waals surface area contributed by atoms with Crippen LogP contribution in [0.1, 0.15) is 11.3 Å². The number of benzene rings is 1. The average Bonchev–Trinajstić information content (AvgIpc) is 2.61. The number of hydrogen-bond acceptors (Lipinski definition) is 5. The highest BCUT2D eigenvalue weighted by atomic mass is 16.5. The number of hydrogen-bond donors (Lipinski definition) is 1. The number of nitrogens with zero attached hydrogens (tertiary/aromatic N) is 2. The molecule has 0 unspecified atom stereocenters. The summed E-state index contributed by atoms with van der Waals surface area (Å²) in [4.78, 5) is 6.84. The zero-order valence-electron chi connectivity index (χ0n) is 13.5. The summed E-state index contributed by atoms with van der Waals surface area (Å²) in [7, 11) is 1.63. The molecule has 0 radical (unpaired) electrons. The van der Waals surface area contributed by atoms with Gasteiger partial charge in [0.15, 0.2) is 0 Å². The van der Waals surface area contributed by atoms with Crippen molar-refractivity contribution in [2.45, 2.75) is 13.1 Å². The summed E-state index contributed by atoms with van der Waals surface area (Å²) in [6.07, 6.45) is 0. The highest BCUT2D eigenvalue weighted by Gasteiger charge is 2.10. The highest BCUT2D eigenvalue weighted by Crippen LogP contribution is 2.15. The van der Waals surface area contributed by atoms with E-state index in [4.69, 9.17) is 9.47 Å². The van der Waals surface area contributed by atoms with Gasteiger partial charge in [-0.05, 0) is 23.8 Å². The third-order valence-electron chi connectivity index (χ3n) is 3.90. The second kappa shape index (κ2) is 7.94. The fourth-order valence-corrected chi connectivity index (χ4v) is 2.66. The number of rotatable bonds is 6. The largest absolute Gasteiger partial charge is 0.481 e. The molecule has 1 aromatic heterocycles. The lowest BCUT2D eigenvalue weighted by molar-refractivity contribution is 0.0342. The molecule has 0 saturated carbocycles. The van der Waals surface area contributed by atoms with Crippen LogP contribution in [-0.2, 0) is 17.8 Å². The molecular weight excluding hydrogens is 290 g/mol. The monoisotopic (exact) mass is 313 g/mol. The minimum Gasteiger partial charge on any atom is -0.481 e. The van der Waals surface area contributed by atoms with Crippen LogP contribution in [0, 0.1) is 0 Å². The van der Waals surface area contributed by atoms with Crippen molar-refractivity contribution >= 4 is 5.69 Å². The minimum atomic E-state index is 0.644. The molecule has 1 saturated heterocycles. The van der Waals surface area contributed by atoms with E-state index >= 15 is 0 Å². The summed E-state index contributed by atoms with van der Waals surface area (Å²) in [5, 5.41) is 3.43. The van der Waals surface area contributed by atoms with Crippen molar-refractivity contribution in [3.8, 4) is 5.88 Å². The predicted octanol–water partition coefficient (Wildman–Crippen LogP) is 2.53. The van der Waals surface area contributed by atoms with Gasteiger partial charge in [0.1, 0.15) is 0 Å². The van der Waals surface area contributed by atoms with E-state index in [2.05, 4.69) is 39.5 Å². The van der Waals surface area contributed by atoms with Crippen molar-refractivity contribution in [3.63, 3.8) is 0 Å². The first-order valence-electron chi connectivity index (χ1n) is 7.96. The van der Waals surface area contributed by atoms with Crippen molar-refractivity contribution in [1.82, 2.24) is 9.88 Å². The second-order valence-electron chi connectivity index (χ2n) is 5.61. The maximum Gasteiger partial charge on any atom is 0.213 e. The molecule has 0 spiro atoms. The van der Waals surface area contributed by atoms with Crippen molar-refractivity contribution in [2.75, 3.05) is 38.7 Å². The molecule has 1 aliphatic rings. The van der Waals surface area contributed by atoms with Crippen LogP contribution < -0.4 is 10.1 Å². The van der Waals surface area contributed by atoms with E-state index < -0.39 is 0 Å². The molecule has 23 heavy (non-hydrogen) atoms. The number of anilines is 1. The Morgan fingerprint density at radius 3 is 2.83 bits per heavy atom. The summed E-state index contributed by atoms with van der Waals surface area (Å²) in [6, 6.07) is 14.4. The molecule has 3 rings (SSSR count). The fourth-order valence-electron chi connectivity index (χ4n) is 2.66. The Kier molecular flexibility index (Phi) is 5.45. The SMILES string of the molecule is COc1cccc(CNc2cccc(CN3CCOCC3)c2)n1. The van der Waals surface area contributed by atoms with Gasteiger partial charge in [0, 0.05) is 31.4 Å². The lowest BCUT2D eigenvalue weighted by Gasteiger charge is -2.26. The molecule has 1 N–H and O–H groups in total. The summed E-state index contributed by atoms with van der Waals surface area (Å²) in [5.41, 5.74) is 3.39. The van der Waals surface area contributed by atoms with Crippen molar-refractivity contribution in [3.05, 3.63) is 53.7 Å². The molecule has 0 bridgehead atoms. The summed E-state index contributed by atoms with van der Waals surface area (Å²) in [6.45, 7) is 5.32. The molecule has 1 aliphatic heterocycles. The average molecular weight is 313 g/mol. The van der Waals surface area contributed by atoms with Crippen molar-refractivity contribution in [1.29, 1.82) is 0 Å². The quantitative estimate of drug-likeness (QED) is 0.888. The van der Waals surface area contributed by atoms with Gasteiger partial charge >= 0.3 is 0 Å². The zero-order chi connectivity index (χ0) is 15.9. The zero-order valence-corrected chi connectivity index (χ0v) is 13.5. The molecular formula is C18H23N3O2. The Bertz CT molecular complexity index is 627. The fraction of sp³-hybridized carbons (Fsp3) is 0.389. The molecule has 0 atom stereocenters. The number of aromatic nitrogens is 1. The Morgan fingerprint density at radius 2 is 2.00 bits per heavy atom. The molecule has 1 aromatic carbocycles. The standard InChI is InChI=1S/C18H23N3O2/c1-22-18-7-3-6-17(20-18)13-19-16-5-2-4-15(12-16)14-21-8-10-23-11-9-21/h2-7,12,19H,8-11,13-14H2,1H3. The van der Waals surface area contributed by atoms with Gasteiger partial charge < -0.3 is 14.8 Å². The summed E-state index contributed by atoms with van der Waals surface area (Å²) >= 11 is 0. The first kappa shape index (κ1) is 15.8. The van der Waals surface area contributed by atoms with Crippen molar-refractivity contribution < 1.29 is 9.47 Å². The smallest absolute Gasteiger partial charge is 0.213 e. The van der Waals surface area contributed by atoms with E-state index in [0.717, 1.165) is 44.2 Å². The highest BCUT2D eigenvalue weighted by molar-refractivity contribution is 5.46. The molecule has 5 heteroatoms. The Hall–Kier alpha value is -2.11. The van der Waals surface area contributed by atoms with Gasteiger partial charge in [-0.25, -0.2) is 4.98 Å². The molecule has 2 heterocycles. The Balaban J connectivity index is 1.58. The first-order chi connectivity index (χ1) is 11.3. The van der Waals surface area contributed by atoms with Crippen LogP contribution in [0.3, 0.4) is 0 Å². The van der Waals surface area contributed by atoms with Gasteiger partial charge in [-0.1, -0.05) is 18.2 Å². The molecule has 0 aliphatic carbocycles. The van der Waals surface area contributed by atoms with E-state index in [1.165, 1.54) is 5.56 Å². The van der Waals surface area contributed by atoms with Crippen LogP contribution in [-0.4, -0.2) is 43.3 Å². The van der Waals surface area contributed by atoms with Crippen LogP contribution in [0.15, 0.2) is 42.5 Å². The predicted molar refractivity (Wildman–Crippen MR) is 90.7 cm³/mol. The van der Waals surface area contributed by atoms with Crippen LogP contribution >= 0.6 is 0 Å². The minimum absolute atomic E-state index is 0.644. The number of ether oxygens (including phenoxy) is 2. The van der Waals surface area contributed by atoms with E-state index in [-0.39, 0.29) is 0 Å². The van der Waals surface area contributed by atoms with Crippen molar-refractivity contribution in [2.24, 2.45) is 0 Å². The Labute approximate surface area is 137 Å². The van der Waals surface area contributed by atoms with Gasteiger partial charge in [0.25, 0.3) is 0 Å². The topological polar surface area (TPSA) is 46.6 Å². The van der Waals surface area contributed by atoms with Crippen LogP contribution in [0.2, 0.25) is 0 Å². The summed E-state index contributed by atoms with van der Waals surface area (Å²) in [5.74, 6) is 0.644. The van der Waals surface area contributed by atoms with Crippen LogP contribution in [0.5, 0.6) is 5.88 Å². The molecule has 1 fully saturated rings. The number of pyridine rings is 1. The normalized spacial score (nSPS) is 15.3. The van der Waals surface area contributed by atoms with Gasteiger partial charge in [-0.3, -0.25) is 4.90 Å². The van der Waals surface area contributed by atoms with E-state index in [1.54, 1.807) is 7.11 Å². The van der Waals surface area contributed by atoms with Gasteiger partial charge in [0.05, 0.1) is 32.6 Å².